The van der Waals surface area contributed by atoms with Crippen molar-refractivity contribution in [1.29, 1.82) is 0 Å². The Morgan fingerprint density at radius 2 is 2.24 bits per heavy atom. The first-order chi connectivity index (χ1) is 10.1. The molecule has 21 heavy (non-hydrogen) atoms. The van der Waals surface area contributed by atoms with Gasteiger partial charge in [0.2, 0.25) is 0 Å². The van der Waals surface area contributed by atoms with E-state index in [0.717, 1.165) is 12.8 Å². The number of hydrogen-bond donors (Lipinski definition) is 1. The van der Waals surface area contributed by atoms with Crippen LogP contribution in [0.25, 0.3) is 0 Å². The predicted octanol–water partition coefficient (Wildman–Crippen LogP) is 1.89. The smallest absolute Gasteiger partial charge is 0.282 e. The van der Waals surface area contributed by atoms with Crippen LogP contribution in [0.3, 0.4) is 0 Å². The summed E-state index contributed by atoms with van der Waals surface area (Å²) >= 11 is 0. The molecule has 1 aliphatic carbocycles. The summed E-state index contributed by atoms with van der Waals surface area (Å²) in [6.07, 6.45) is 1.88. The molecule has 1 aromatic carbocycles. The number of nitrogens with one attached hydrogen (secondary N) is 1. The van der Waals surface area contributed by atoms with Crippen molar-refractivity contribution in [2.24, 2.45) is 0 Å². The highest BCUT2D eigenvalue weighted by Gasteiger charge is 2.35. The summed E-state index contributed by atoms with van der Waals surface area (Å²) in [7, 11) is 3.28. The number of amides is 1. The second kappa shape index (κ2) is 6.53. The van der Waals surface area contributed by atoms with E-state index in [9.17, 15) is 14.9 Å². The van der Waals surface area contributed by atoms with Gasteiger partial charge in [-0.1, -0.05) is 0 Å². The zero-order valence-corrected chi connectivity index (χ0v) is 12.2. The summed E-state index contributed by atoms with van der Waals surface area (Å²) in [5, 5.41) is 14.0. The Labute approximate surface area is 123 Å². The van der Waals surface area contributed by atoms with Crippen molar-refractivity contribution in [3.05, 3.63) is 33.9 Å². The van der Waals surface area contributed by atoms with Gasteiger partial charge >= 0.3 is 0 Å². The number of nitro groups is 1. The van der Waals surface area contributed by atoms with Crippen molar-refractivity contribution >= 4 is 17.3 Å². The van der Waals surface area contributed by atoms with Crippen LogP contribution < -0.4 is 5.32 Å². The van der Waals surface area contributed by atoms with Crippen molar-refractivity contribution in [3.63, 3.8) is 0 Å². The Morgan fingerprint density at radius 3 is 2.76 bits per heavy atom. The summed E-state index contributed by atoms with van der Waals surface area (Å²) in [6, 6.07) is 4.65. The number of rotatable bonds is 7. The van der Waals surface area contributed by atoms with Gasteiger partial charge in [-0.15, -0.1) is 0 Å². The minimum Gasteiger partial charge on any atom is -0.388 e. The quantitative estimate of drug-likeness (QED) is 0.613. The average Bonchev–Trinajstić information content (AvgIpc) is 3.31. The van der Waals surface area contributed by atoms with Gasteiger partial charge in [0.25, 0.3) is 11.6 Å². The molecule has 0 aromatic heterocycles. The zero-order valence-electron chi connectivity index (χ0n) is 12.2. The van der Waals surface area contributed by atoms with E-state index in [4.69, 9.17) is 4.74 Å². The van der Waals surface area contributed by atoms with Gasteiger partial charge in [-0.05, 0) is 25.0 Å². The van der Waals surface area contributed by atoms with Gasteiger partial charge in [0.1, 0.15) is 5.56 Å². The number of anilines is 1. The highest BCUT2D eigenvalue weighted by molar-refractivity contribution is 5.99. The van der Waals surface area contributed by atoms with Crippen LogP contribution >= 0.6 is 0 Å². The number of carbonyl (C=O) groups excluding carboxylic acids is 1. The lowest BCUT2D eigenvalue weighted by molar-refractivity contribution is -0.385. The lowest BCUT2D eigenvalue weighted by Gasteiger charge is -2.22. The van der Waals surface area contributed by atoms with Gasteiger partial charge in [-0.25, -0.2) is 0 Å². The number of methoxy groups -OCH3 is 1. The monoisotopic (exact) mass is 293 g/mol. The Morgan fingerprint density at radius 1 is 1.52 bits per heavy atom. The molecule has 114 valence electrons. The van der Waals surface area contributed by atoms with Crippen molar-refractivity contribution in [1.82, 2.24) is 4.90 Å². The van der Waals surface area contributed by atoms with Gasteiger partial charge < -0.3 is 15.0 Å². The Bertz CT molecular complexity index is 543. The van der Waals surface area contributed by atoms with Crippen molar-refractivity contribution in [2.75, 3.05) is 32.6 Å². The minimum absolute atomic E-state index is 0.120. The largest absolute Gasteiger partial charge is 0.388 e. The number of ether oxygens (including phenoxy) is 1. The molecule has 0 heterocycles. The second-order valence-corrected chi connectivity index (χ2v) is 4.96. The molecule has 1 amide bonds. The molecule has 0 aliphatic heterocycles. The van der Waals surface area contributed by atoms with Crippen LogP contribution in [-0.4, -0.2) is 49.1 Å². The van der Waals surface area contributed by atoms with E-state index in [0.29, 0.717) is 18.8 Å². The number of benzene rings is 1. The third-order valence-corrected chi connectivity index (χ3v) is 3.50. The van der Waals surface area contributed by atoms with E-state index in [1.807, 2.05) is 0 Å². The van der Waals surface area contributed by atoms with E-state index < -0.39 is 4.92 Å². The lowest BCUT2D eigenvalue weighted by atomic mass is 10.1. The van der Waals surface area contributed by atoms with Gasteiger partial charge in [-0.2, -0.15) is 0 Å². The first-order valence-corrected chi connectivity index (χ1v) is 6.84. The van der Waals surface area contributed by atoms with Crippen LogP contribution in [0.1, 0.15) is 23.2 Å². The number of hydrogen-bond acceptors (Lipinski definition) is 5. The fraction of sp³-hybridized carbons (Fsp3) is 0.500. The highest BCUT2D eigenvalue weighted by atomic mass is 16.6. The molecule has 1 fully saturated rings. The minimum atomic E-state index is -0.520. The molecule has 0 unspecified atom stereocenters. The third-order valence-electron chi connectivity index (χ3n) is 3.50. The molecular formula is C14H19N3O4. The van der Waals surface area contributed by atoms with Crippen LogP contribution in [0, 0.1) is 10.1 Å². The fourth-order valence-electron chi connectivity index (χ4n) is 2.20. The van der Waals surface area contributed by atoms with Gasteiger partial charge in [-0.3, -0.25) is 14.9 Å². The molecule has 0 saturated heterocycles. The van der Waals surface area contributed by atoms with E-state index in [1.165, 1.54) is 12.1 Å². The number of carbonyl (C=O) groups is 1. The first kappa shape index (κ1) is 15.2. The van der Waals surface area contributed by atoms with Crippen LogP contribution in [0.4, 0.5) is 11.4 Å². The van der Waals surface area contributed by atoms with Gasteiger partial charge in [0.05, 0.1) is 11.5 Å². The molecule has 0 radical (unpaired) electrons. The molecule has 0 spiro atoms. The van der Waals surface area contributed by atoms with E-state index in [2.05, 4.69) is 5.32 Å². The molecule has 1 saturated carbocycles. The molecule has 1 N–H and O–H groups in total. The Hall–Kier alpha value is -2.15. The fourth-order valence-corrected chi connectivity index (χ4v) is 2.20. The molecule has 1 aliphatic rings. The van der Waals surface area contributed by atoms with E-state index >= 15 is 0 Å². The number of nitrogens with zero attached hydrogens (tertiary/aromatic N) is 2. The third kappa shape index (κ3) is 3.49. The van der Waals surface area contributed by atoms with Gasteiger partial charge in [0.15, 0.2) is 0 Å². The summed E-state index contributed by atoms with van der Waals surface area (Å²) in [6.45, 7) is 0.864. The molecule has 0 atom stereocenters. The van der Waals surface area contributed by atoms with Crippen molar-refractivity contribution in [3.8, 4) is 0 Å². The van der Waals surface area contributed by atoms with Crippen molar-refractivity contribution < 1.29 is 14.5 Å². The summed E-state index contributed by atoms with van der Waals surface area (Å²) in [5.41, 5.74) is 0.628. The maximum absolute atomic E-state index is 12.7. The molecule has 2 rings (SSSR count). The summed E-state index contributed by atoms with van der Waals surface area (Å²) < 4.78 is 5.02. The maximum Gasteiger partial charge on any atom is 0.282 e. The normalized spacial score (nSPS) is 13.8. The number of nitro benzene ring substituents is 1. The van der Waals surface area contributed by atoms with Crippen LogP contribution in [0.2, 0.25) is 0 Å². The second-order valence-electron chi connectivity index (χ2n) is 4.96. The maximum atomic E-state index is 12.7. The van der Waals surface area contributed by atoms with Crippen LogP contribution in [0.5, 0.6) is 0 Å². The van der Waals surface area contributed by atoms with E-state index in [-0.39, 0.29) is 23.2 Å². The summed E-state index contributed by atoms with van der Waals surface area (Å²) in [4.78, 5) is 25.0. The molecule has 7 heteroatoms. The molecular weight excluding hydrogens is 274 g/mol. The Balaban J connectivity index is 2.32. The SMILES string of the molecule is CNc1ccc([N+](=O)[O-])c(C(=O)N(CCOC)C2CC2)c1. The van der Waals surface area contributed by atoms with Crippen LogP contribution in [0.15, 0.2) is 18.2 Å². The van der Waals surface area contributed by atoms with Crippen LogP contribution in [-0.2, 0) is 4.74 Å². The predicted molar refractivity (Wildman–Crippen MR) is 78.6 cm³/mol. The molecule has 1 aromatic rings. The highest BCUT2D eigenvalue weighted by Crippen LogP contribution is 2.31. The topological polar surface area (TPSA) is 84.7 Å². The standard InChI is InChI=1S/C14H19N3O4/c1-15-10-3-6-13(17(19)20)12(9-10)14(18)16(7-8-21-2)11-4-5-11/h3,6,9,11,15H,4-5,7-8H2,1-2H3. The first-order valence-electron chi connectivity index (χ1n) is 6.84. The lowest BCUT2D eigenvalue weighted by Crippen LogP contribution is -2.36. The van der Waals surface area contributed by atoms with E-state index in [1.54, 1.807) is 25.1 Å². The molecule has 0 bridgehead atoms. The van der Waals surface area contributed by atoms with Gasteiger partial charge in [0, 0.05) is 38.5 Å². The average molecular weight is 293 g/mol. The van der Waals surface area contributed by atoms with Crippen molar-refractivity contribution in [2.45, 2.75) is 18.9 Å². The zero-order chi connectivity index (χ0) is 15.4. The summed E-state index contributed by atoms with van der Waals surface area (Å²) in [5.74, 6) is -0.307. The molecule has 7 nitrogen and oxygen atoms in total. The Kier molecular flexibility index (Phi) is 4.74.